The third kappa shape index (κ3) is 4.21. The molecule has 3 rings (SSSR count). The Balaban J connectivity index is 1.55. The number of rotatable bonds is 5. The van der Waals surface area contributed by atoms with Crippen LogP contribution in [-0.2, 0) is 6.54 Å². The Bertz CT molecular complexity index is 577. The lowest BCUT2D eigenvalue weighted by Gasteiger charge is -2.29. The molecular weight excluding hydrogens is 272 g/mol. The second-order valence-electron chi connectivity index (χ2n) is 5.99. The van der Waals surface area contributed by atoms with Gasteiger partial charge in [-0.3, -0.25) is 0 Å². The quantitative estimate of drug-likeness (QED) is 0.889. The van der Waals surface area contributed by atoms with E-state index in [0.29, 0.717) is 6.04 Å². The Morgan fingerprint density at radius 2 is 1.91 bits per heavy atom. The summed E-state index contributed by atoms with van der Waals surface area (Å²) in [4.78, 5) is 6.82. The largest absolute Gasteiger partial charge is 0.381 e. The Hall–Kier alpha value is -2.07. The minimum Gasteiger partial charge on any atom is -0.381 e. The predicted molar refractivity (Wildman–Crippen MR) is 92.1 cm³/mol. The maximum atomic E-state index is 4.44. The zero-order chi connectivity index (χ0) is 15.2. The molecular formula is C18H24N4. The molecule has 1 fully saturated rings. The molecule has 116 valence electrons. The molecule has 0 spiro atoms. The van der Waals surface area contributed by atoms with Gasteiger partial charge < -0.3 is 15.5 Å². The summed E-state index contributed by atoms with van der Waals surface area (Å²) in [6.45, 7) is 3.14. The molecule has 1 saturated heterocycles. The number of nitrogens with zero attached hydrogens (tertiary/aromatic N) is 2. The molecule has 0 aliphatic carbocycles. The fraction of sp³-hybridized carbons (Fsp3) is 0.389. The van der Waals surface area contributed by atoms with Crippen LogP contribution in [0.15, 0.2) is 48.7 Å². The van der Waals surface area contributed by atoms with E-state index in [2.05, 4.69) is 57.9 Å². The van der Waals surface area contributed by atoms with Crippen LogP contribution in [0.5, 0.6) is 0 Å². The van der Waals surface area contributed by atoms with Crippen LogP contribution in [0.1, 0.15) is 18.4 Å². The summed E-state index contributed by atoms with van der Waals surface area (Å²) in [5.74, 6) is 0.965. The number of hydrogen-bond donors (Lipinski definition) is 2. The number of nitrogens with one attached hydrogen (secondary N) is 2. The average molecular weight is 296 g/mol. The first-order valence-electron chi connectivity index (χ1n) is 7.98. The predicted octanol–water partition coefficient (Wildman–Crippen LogP) is 3.20. The Morgan fingerprint density at radius 1 is 1.14 bits per heavy atom. The van der Waals surface area contributed by atoms with E-state index in [1.807, 2.05) is 18.3 Å². The van der Waals surface area contributed by atoms with Crippen LogP contribution in [-0.4, -0.2) is 36.1 Å². The maximum Gasteiger partial charge on any atom is 0.128 e. The van der Waals surface area contributed by atoms with Crippen LogP contribution in [0.4, 0.5) is 11.5 Å². The van der Waals surface area contributed by atoms with Crippen molar-refractivity contribution in [1.82, 2.24) is 9.88 Å². The molecule has 1 aromatic carbocycles. The van der Waals surface area contributed by atoms with Gasteiger partial charge in [-0.15, -0.1) is 0 Å². The number of anilines is 2. The fourth-order valence-electron chi connectivity index (χ4n) is 2.78. The first-order valence-corrected chi connectivity index (χ1v) is 7.98. The molecule has 0 amide bonds. The van der Waals surface area contributed by atoms with Gasteiger partial charge in [0.25, 0.3) is 0 Å². The van der Waals surface area contributed by atoms with Gasteiger partial charge in [0.1, 0.15) is 5.82 Å². The average Bonchev–Trinajstić information content (AvgIpc) is 2.57. The number of likely N-dealkylation sites (tertiary alicyclic amines) is 1. The van der Waals surface area contributed by atoms with E-state index >= 15 is 0 Å². The minimum atomic E-state index is 0.535. The van der Waals surface area contributed by atoms with E-state index in [9.17, 15) is 0 Å². The molecule has 0 saturated carbocycles. The summed E-state index contributed by atoms with van der Waals surface area (Å²) in [6.07, 6.45) is 4.23. The molecule has 0 unspecified atom stereocenters. The van der Waals surface area contributed by atoms with Crippen LogP contribution in [0, 0.1) is 0 Å². The lowest BCUT2D eigenvalue weighted by molar-refractivity contribution is 0.263. The van der Waals surface area contributed by atoms with Gasteiger partial charge in [0.15, 0.2) is 0 Å². The van der Waals surface area contributed by atoms with Gasteiger partial charge in [-0.25, -0.2) is 4.98 Å². The number of benzene rings is 1. The van der Waals surface area contributed by atoms with Crippen molar-refractivity contribution >= 4 is 11.5 Å². The number of aromatic nitrogens is 1. The molecule has 1 aromatic heterocycles. The van der Waals surface area contributed by atoms with Gasteiger partial charge in [0.2, 0.25) is 0 Å². The first kappa shape index (κ1) is 14.9. The standard InChI is InChI=1S/C18H24N4/c1-22-11-8-16(9-12-22)21-18-13-17(7-10-19-18)20-14-15-5-3-2-4-6-15/h2-7,10,13,16H,8-9,11-12,14H2,1H3,(H2,19,20,21). The van der Waals surface area contributed by atoms with Crippen molar-refractivity contribution in [2.45, 2.75) is 25.4 Å². The zero-order valence-electron chi connectivity index (χ0n) is 13.1. The Labute approximate surface area is 132 Å². The highest BCUT2D eigenvalue weighted by molar-refractivity contribution is 5.52. The highest BCUT2D eigenvalue weighted by atomic mass is 15.1. The van der Waals surface area contributed by atoms with E-state index in [1.54, 1.807) is 0 Å². The molecule has 0 atom stereocenters. The van der Waals surface area contributed by atoms with E-state index < -0.39 is 0 Å². The summed E-state index contributed by atoms with van der Waals surface area (Å²) < 4.78 is 0. The topological polar surface area (TPSA) is 40.2 Å². The smallest absolute Gasteiger partial charge is 0.128 e. The van der Waals surface area contributed by atoms with E-state index in [4.69, 9.17) is 0 Å². The van der Waals surface area contributed by atoms with Crippen molar-refractivity contribution in [3.63, 3.8) is 0 Å². The second kappa shape index (κ2) is 7.27. The van der Waals surface area contributed by atoms with Gasteiger partial charge >= 0.3 is 0 Å². The maximum absolute atomic E-state index is 4.44. The Kier molecular flexibility index (Phi) is 4.91. The van der Waals surface area contributed by atoms with Crippen molar-refractivity contribution in [3.8, 4) is 0 Å². The van der Waals surface area contributed by atoms with Crippen molar-refractivity contribution in [1.29, 1.82) is 0 Å². The van der Waals surface area contributed by atoms with Gasteiger partial charge in [-0.05, 0) is 44.6 Å². The van der Waals surface area contributed by atoms with Gasteiger partial charge in [-0.2, -0.15) is 0 Å². The number of pyridine rings is 1. The third-order valence-corrected chi connectivity index (χ3v) is 4.17. The van der Waals surface area contributed by atoms with E-state index in [-0.39, 0.29) is 0 Å². The Morgan fingerprint density at radius 3 is 2.68 bits per heavy atom. The van der Waals surface area contributed by atoms with Crippen molar-refractivity contribution in [2.24, 2.45) is 0 Å². The van der Waals surface area contributed by atoms with Crippen LogP contribution < -0.4 is 10.6 Å². The molecule has 4 heteroatoms. The number of hydrogen-bond acceptors (Lipinski definition) is 4. The van der Waals surface area contributed by atoms with Crippen LogP contribution in [0.25, 0.3) is 0 Å². The molecule has 0 radical (unpaired) electrons. The third-order valence-electron chi connectivity index (χ3n) is 4.17. The molecule has 0 bridgehead atoms. The molecule has 2 N–H and O–H groups in total. The lowest BCUT2D eigenvalue weighted by atomic mass is 10.1. The van der Waals surface area contributed by atoms with Gasteiger partial charge in [0.05, 0.1) is 0 Å². The fourth-order valence-corrected chi connectivity index (χ4v) is 2.78. The van der Waals surface area contributed by atoms with Crippen molar-refractivity contribution < 1.29 is 0 Å². The highest BCUT2D eigenvalue weighted by Crippen LogP contribution is 2.17. The molecule has 22 heavy (non-hydrogen) atoms. The van der Waals surface area contributed by atoms with Crippen molar-refractivity contribution in [3.05, 3.63) is 54.2 Å². The molecule has 2 aromatic rings. The minimum absolute atomic E-state index is 0.535. The molecule has 1 aliphatic rings. The summed E-state index contributed by atoms with van der Waals surface area (Å²) >= 11 is 0. The van der Waals surface area contributed by atoms with E-state index in [0.717, 1.165) is 31.1 Å². The molecule has 2 heterocycles. The second-order valence-corrected chi connectivity index (χ2v) is 5.99. The first-order chi connectivity index (χ1) is 10.8. The van der Waals surface area contributed by atoms with Crippen molar-refractivity contribution in [2.75, 3.05) is 30.8 Å². The van der Waals surface area contributed by atoms with Gasteiger partial charge in [0, 0.05) is 30.5 Å². The number of piperidine rings is 1. The zero-order valence-corrected chi connectivity index (χ0v) is 13.1. The highest BCUT2D eigenvalue weighted by Gasteiger charge is 2.16. The van der Waals surface area contributed by atoms with Crippen LogP contribution in [0.3, 0.4) is 0 Å². The molecule has 1 aliphatic heterocycles. The normalized spacial score (nSPS) is 16.4. The van der Waals surface area contributed by atoms with E-state index in [1.165, 1.54) is 18.4 Å². The summed E-state index contributed by atoms with van der Waals surface area (Å²) in [5, 5.41) is 7.02. The SMILES string of the molecule is CN1CCC(Nc2cc(NCc3ccccc3)ccn2)CC1. The van der Waals surface area contributed by atoms with Gasteiger partial charge in [-0.1, -0.05) is 30.3 Å². The van der Waals surface area contributed by atoms with Crippen LogP contribution in [0.2, 0.25) is 0 Å². The molecule has 4 nitrogen and oxygen atoms in total. The summed E-state index contributed by atoms with van der Waals surface area (Å²) in [5.41, 5.74) is 2.39. The monoisotopic (exact) mass is 296 g/mol. The summed E-state index contributed by atoms with van der Waals surface area (Å²) in [7, 11) is 2.18. The lowest BCUT2D eigenvalue weighted by Crippen LogP contribution is -2.36. The summed E-state index contributed by atoms with van der Waals surface area (Å²) in [6, 6.07) is 15.1. The van der Waals surface area contributed by atoms with Crippen LogP contribution >= 0.6 is 0 Å².